The Kier molecular flexibility index (Phi) is 5.72. The number of amides is 1. The van der Waals surface area contributed by atoms with Gasteiger partial charge in [0, 0.05) is 18.1 Å². The molecule has 2 aromatic rings. The van der Waals surface area contributed by atoms with E-state index in [1.54, 1.807) is 12.1 Å². The molecule has 116 valence electrons. The van der Waals surface area contributed by atoms with Crippen molar-refractivity contribution in [1.82, 2.24) is 15.5 Å². The van der Waals surface area contributed by atoms with E-state index < -0.39 is 0 Å². The molecule has 1 aromatic carbocycles. The highest BCUT2D eigenvalue weighted by Crippen LogP contribution is 2.11. The van der Waals surface area contributed by atoms with Gasteiger partial charge in [-0.05, 0) is 35.7 Å². The van der Waals surface area contributed by atoms with Crippen LogP contribution in [0.2, 0.25) is 5.02 Å². The molecular formula is C16H19ClN4O. The number of benzene rings is 1. The molecule has 2 rings (SSSR count). The van der Waals surface area contributed by atoms with Crippen LogP contribution in [-0.2, 0) is 6.54 Å². The molecule has 0 saturated carbocycles. The molecule has 1 aromatic heterocycles. The van der Waals surface area contributed by atoms with Crippen molar-refractivity contribution in [3.8, 4) is 0 Å². The average molecular weight is 319 g/mol. The van der Waals surface area contributed by atoms with Crippen molar-refractivity contribution in [2.45, 2.75) is 20.4 Å². The lowest BCUT2D eigenvalue weighted by Gasteiger charge is -2.08. The van der Waals surface area contributed by atoms with Gasteiger partial charge in [-0.3, -0.25) is 4.79 Å². The zero-order valence-electron chi connectivity index (χ0n) is 12.6. The fourth-order valence-corrected chi connectivity index (χ4v) is 1.86. The van der Waals surface area contributed by atoms with Crippen molar-refractivity contribution in [3.05, 3.63) is 52.7 Å². The third kappa shape index (κ3) is 5.00. The minimum atomic E-state index is -0.203. The number of anilines is 1. The number of hydrogen-bond acceptors (Lipinski definition) is 4. The maximum absolute atomic E-state index is 11.8. The van der Waals surface area contributed by atoms with Crippen LogP contribution in [0.3, 0.4) is 0 Å². The molecular weight excluding hydrogens is 300 g/mol. The Morgan fingerprint density at radius 3 is 2.45 bits per heavy atom. The number of aromatic nitrogens is 2. The van der Waals surface area contributed by atoms with E-state index >= 15 is 0 Å². The largest absolute Gasteiger partial charge is 0.365 e. The van der Waals surface area contributed by atoms with Gasteiger partial charge in [0.2, 0.25) is 0 Å². The molecule has 6 heteroatoms. The molecule has 22 heavy (non-hydrogen) atoms. The predicted molar refractivity (Wildman–Crippen MR) is 88.0 cm³/mol. The Balaban J connectivity index is 1.88. The number of hydrogen-bond donors (Lipinski definition) is 2. The van der Waals surface area contributed by atoms with Gasteiger partial charge in [0.05, 0.1) is 0 Å². The minimum Gasteiger partial charge on any atom is -0.365 e. The van der Waals surface area contributed by atoms with E-state index in [1.807, 2.05) is 38.1 Å². The first-order chi connectivity index (χ1) is 10.5. The van der Waals surface area contributed by atoms with Gasteiger partial charge in [0.15, 0.2) is 5.69 Å². The van der Waals surface area contributed by atoms with Gasteiger partial charge >= 0.3 is 0 Å². The van der Waals surface area contributed by atoms with Crippen LogP contribution in [0.25, 0.3) is 0 Å². The summed E-state index contributed by atoms with van der Waals surface area (Å²) in [5.41, 5.74) is 1.41. The molecule has 0 atom stereocenters. The van der Waals surface area contributed by atoms with Crippen LogP contribution in [0.4, 0.5) is 5.82 Å². The van der Waals surface area contributed by atoms with Crippen LogP contribution >= 0.6 is 11.6 Å². The Hall–Kier alpha value is -2.14. The van der Waals surface area contributed by atoms with E-state index in [0.29, 0.717) is 35.5 Å². The molecule has 0 aliphatic heterocycles. The fourth-order valence-electron chi connectivity index (χ4n) is 1.73. The van der Waals surface area contributed by atoms with E-state index in [1.165, 1.54) is 0 Å². The zero-order valence-corrected chi connectivity index (χ0v) is 13.4. The summed E-state index contributed by atoms with van der Waals surface area (Å²) in [6.45, 7) is 5.31. The minimum absolute atomic E-state index is 0.203. The first kappa shape index (κ1) is 16.2. The zero-order chi connectivity index (χ0) is 15.9. The summed E-state index contributed by atoms with van der Waals surface area (Å²) in [7, 11) is 0. The molecule has 0 radical (unpaired) electrons. The summed E-state index contributed by atoms with van der Waals surface area (Å²) in [6, 6.07) is 11.0. The summed E-state index contributed by atoms with van der Waals surface area (Å²) in [4.78, 5) is 11.8. The average Bonchev–Trinajstić information content (AvgIpc) is 2.52. The van der Waals surface area contributed by atoms with E-state index in [-0.39, 0.29) is 5.91 Å². The Morgan fingerprint density at radius 2 is 1.86 bits per heavy atom. The van der Waals surface area contributed by atoms with Gasteiger partial charge in [-0.15, -0.1) is 10.2 Å². The number of nitrogens with one attached hydrogen (secondary N) is 2. The molecule has 0 saturated heterocycles. The summed E-state index contributed by atoms with van der Waals surface area (Å²) < 4.78 is 0. The molecule has 0 aliphatic rings. The van der Waals surface area contributed by atoms with E-state index in [0.717, 1.165) is 5.56 Å². The Bertz CT molecular complexity index is 611. The first-order valence-corrected chi connectivity index (χ1v) is 7.52. The quantitative estimate of drug-likeness (QED) is 0.858. The summed E-state index contributed by atoms with van der Waals surface area (Å²) in [5.74, 6) is 0.818. The second-order valence-electron chi connectivity index (χ2n) is 5.39. The molecule has 0 fully saturated rings. The molecule has 0 spiro atoms. The smallest absolute Gasteiger partial charge is 0.271 e. The summed E-state index contributed by atoms with van der Waals surface area (Å²) in [5, 5.41) is 14.6. The summed E-state index contributed by atoms with van der Waals surface area (Å²) >= 11 is 5.84. The molecule has 1 amide bonds. The van der Waals surface area contributed by atoms with Crippen LogP contribution < -0.4 is 10.6 Å². The van der Waals surface area contributed by atoms with Crippen LogP contribution in [0, 0.1) is 5.92 Å². The molecule has 2 N–H and O–H groups in total. The van der Waals surface area contributed by atoms with Gasteiger partial charge in [0.1, 0.15) is 5.82 Å². The van der Waals surface area contributed by atoms with Gasteiger partial charge < -0.3 is 10.6 Å². The van der Waals surface area contributed by atoms with Gasteiger partial charge in [-0.1, -0.05) is 37.6 Å². The predicted octanol–water partition coefficient (Wildman–Crippen LogP) is 3.13. The van der Waals surface area contributed by atoms with Crippen molar-refractivity contribution in [2.75, 3.05) is 11.9 Å². The molecule has 0 unspecified atom stereocenters. The lowest BCUT2D eigenvalue weighted by Crippen LogP contribution is -2.28. The maximum atomic E-state index is 11.8. The molecule has 1 heterocycles. The van der Waals surface area contributed by atoms with E-state index in [2.05, 4.69) is 20.8 Å². The summed E-state index contributed by atoms with van der Waals surface area (Å²) in [6.07, 6.45) is 0. The number of carbonyl (C=O) groups is 1. The van der Waals surface area contributed by atoms with Crippen molar-refractivity contribution in [2.24, 2.45) is 5.92 Å². The maximum Gasteiger partial charge on any atom is 0.271 e. The first-order valence-electron chi connectivity index (χ1n) is 7.15. The number of rotatable bonds is 6. The SMILES string of the molecule is CC(C)CNC(=O)c1ccc(NCc2ccc(Cl)cc2)nn1. The van der Waals surface area contributed by atoms with E-state index in [4.69, 9.17) is 11.6 Å². The number of halogens is 1. The van der Waals surface area contributed by atoms with Crippen LogP contribution in [-0.4, -0.2) is 22.6 Å². The standard InChI is InChI=1S/C16H19ClN4O/c1-11(2)9-19-16(22)14-7-8-15(21-20-14)18-10-12-3-5-13(17)6-4-12/h3-8,11H,9-10H2,1-2H3,(H,18,21)(H,19,22). The van der Waals surface area contributed by atoms with Gasteiger partial charge in [-0.2, -0.15) is 0 Å². The van der Waals surface area contributed by atoms with Gasteiger partial charge in [-0.25, -0.2) is 0 Å². The molecule has 0 bridgehead atoms. The lowest BCUT2D eigenvalue weighted by molar-refractivity contribution is 0.0943. The highest BCUT2D eigenvalue weighted by molar-refractivity contribution is 6.30. The monoisotopic (exact) mass is 318 g/mol. The van der Waals surface area contributed by atoms with Crippen LogP contribution in [0.1, 0.15) is 29.9 Å². The van der Waals surface area contributed by atoms with Crippen LogP contribution in [0.15, 0.2) is 36.4 Å². The second-order valence-corrected chi connectivity index (χ2v) is 5.82. The highest BCUT2D eigenvalue weighted by atomic mass is 35.5. The molecule has 5 nitrogen and oxygen atoms in total. The van der Waals surface area contributed by atoms with Crippen molar-refractivity contribution < 1.29 is 4.79 Å². The van der Waals surface area contributed by atoms with Crippen molar-refractivity contribution >= 4 is 23.3 Å². The van der Waals surface area contributed by atoms with Gasteiger partial charge in [0.25, 0.3) is 5.91 Å². The van der Waals surface area contributed by atoms with Crippen LogP contribution in [0.5, 0.6) is 0 Å². The number of nitrogens with zero attached hydrogens (tertiary/aromatic N) is 2. The normalized spacial score (nSPS) is 10.5. The second kappa shape index (κ2) is 7.75. The Morgan fingerprint density at radius 1 is 1.14 bits per heavy atom. The highest BCUT2D eigenvalue weighted by Gasteiger charge is 2.08. The third-order valence-corrected chi connectivity index (χ3v) is 3.21. The molecule has 0 aliphatic carbocycles. The lowest BCUT2D eigenvalue weighted by atomic mass is 10.2. The van der Waals surface area contributed by atoms with Crippen molar-refractivity contribution in [3.63, 3.8) is 0 Å². The topological polar surface area (TPSA) is 66.9 Å². The number of carbonyl (C=O) groups excluding carboxylic acids is 1. The Labute approximate surface area is 135 Å². The fraction of sp³-hybridized carbons (Fsp3) is 0.312. The third-order valence-electron chi connectivity index (χ3n) is 2.95. The van der Waals surface area contributed by atoms with E-state index in [9.17, 15) is 4.79 Å². The van der Waals surface area contributed by atoms with Crippen molar-refractivity contribution in [1.29, 1.82) is 0 Å².